The normalized spacial score (nSPS) is 16.3. The monoisotopic (exact) mass is 277 g/mol. The summed E-state index contributed by atoms with van der Waals surface area (Å²) in [6.45, 7) is 1.65. The molecule has 6 nitrogen and oxygen atoms in total. The Morgan fingerprint density at radius 3 is 2.35 bits per heavy atom. The molecule has 20 heavy (non-hydrogen) atoms. The van der Waals surface area contributed by atoms with Gasteiger partial charge in [-0.25, -0.2) is 0 Å². The second-order valence-electron chi connectivity index (χ2n) is 4.85. The third-order valence-corrected chi connectivity index (χ3v) is 3.54. The number of carbonyl (C=O) groups excluding carboxylic acids is 2. The summed E-state index contributed by atoms with van der Waals surface area (Å²) in [5.74, 6) is -0.905. The summed E-state index contributed by atoms with van der Waals surface area (Å²) in [5.41, 5.74) is 0.885. The fraction of sp³-hybridized carbons (Fsp3) is 0.429. The van der Waals surface area contributed by atoms with Crippen LogP contribution in [-0.2, 0) is 9.59 Å². The Labute approximate surface area is 115 Å². The van der Waals surface area contributed by atoms with Crippen molar-refractivity contribution in [2.75, 3.05) is 7.11 Å². The SMILES string of the molecule is COc1cc([N+](=O)[O-])cc(C)c1C1C(=O)CCCC1=O. The minimum absolute atomic E-state index is 0.112. The number of nitro benzene ring substituents is 1. The summed E-state index contributed by atoms with van der Waals surface area (Å²) in [4.78, 5) is 34.4. The van der Waals surface area contributed by atoms with Crippen LogP contribution in [0.2, 0.25) is 0 Å². The molecule has 106 valence electrons. The van der Waals surface area contributed by atoms with Gasteiger partial charge in [0.25, 0.3) is 5.69 Å². The fourth-order valence-corrected chi connectivity index (χ4v) is 2.62. The Kier molecular flexibility index (Phi) is 3.83. The molecule has 0 amide bonds. The standard InChI is InChI=1S/C14H15NO5/c1-8-6-9(15(18)19)7-12(20-2)13(8)14-10(16)4-3-5-11(14)17/h6-7,14H,3-5H2,1-2H3. The number of benzene rings is 1. The number of hydrogen-bond acceptors (Lipinski definition) is 5. The van der Waals surface area contributed by atoms with Crippen molar-refractivity contribution in [1.29, 1.82) is 0 Å². The number of hydrogen-bond donors (Lipinski definition) is 0. The number of nitrogens with zero attached hydrogens (tertiary/aromatic N) is 1. The number of aryl methyl sites for hydroxylation is 1. The van der Waals surface area contributed by atoms with E-state index in [1.54, 1.807) is 6.92 Å². The molecule has 0 aliphatic heterocycles. The van der Waals surface area contributed by atoms with Crippen molar-refractivity contribution in [2.24, 2.45) is 0 Å². The quantitative estimate of drug-likeness (QED) is 0.480. The molecule has 1 saturated carbocycles. The molecule has 1 aliphatic carbocycles. The summed E-state index contributed by atoms with van der Waals surface area (Å²) in [6, 6.07) is 2.63. The molecule has 0 spiro atoms. The van der Waals surface area contributed by atoms with Crippen LogP contribution in [-0.4, -0.2) is 23.6 Å². The number of methoxy groups -OCH3 is 1. The number of ketones is 2. The summed E-state index contributed by atoms with van der Waals surface area (Å²) in [6.07, 6.45) is 1.29. The molecule has 0 saturated heterocycles. The zero-order chi connectivity index (χ0) is 14.9. The molecule has 6 heteroatoms. The molecule has 1 aromatic carbocycles. The molecule has 1 aliphatic rings. The van der Waals surface area contributed by atoms with Crippen molar-refractivity contribution in [2.45, 2.75) is 32.1 Å². The van der Waals surface area contributed by atoms with E-state index in [0.717, 1.165) is 0 Å². The third kappa shape index (κ3) is 2.41. The van der Waals surface area contributed by atoms with Crippen LogP contribution in [0.1, 0.15) is 36.3 Å². The highest BCUT2D eigenvalue weighted by Gasteiger charge is 2.35. The first-order valence-electron chi connectivity index (χ1n) is 6.34. The van der Waals surface area contributed by atoms with Gasteiger partial charge in [-0.1, -0.05) is 0 Å². The van der Waals surface area contributed by atoms with Crippen LogP contribution in [0.5, 0.6) is 5.75 Å². The van der Waals surface area contributed by atoms with Gasteiger partial charge >= 0.3 is 0 Å². The van der Waals surface area contributed by atoms with Crippen molar-refractivity contribution in [3.8, 4) is 5.75 Å². The van der Waals surface area contributed by atoms with Gasteiger partial charge in [0.05, 0.1) is 18.1 Å². The molecule has 1 aromatic rings. The van der Waals surface area contributed by atoms with Crippen LogP contribution in [0, 0.1) is 17.0 Å². The Morgan fingerprint density at radius 1 is 1.25 bits per heavy atom. The second kappa shape index (κ2) is 5.40. The van der Waals surface area contributed by atoms with Crippen molar-refractivity contribution in [3.63, 3.8) is 0 Å². The molecule has 0 heterocycles. The maximum absolute atomic E-state index is 12.0. The second-order valence-corrected chi connectivity index (χ2v) is 4.85. The summed E-state index contributed by atoms with van der Waals surface area (Å²) in [7, 11) is 1.37. The number of Topliss-reactive ketones (excluding diaryl/α,β-unsaturated/α-hetero) is 2. The van der Waals surface area contributed by atoms with Crippen LogP contribution in [0.4, 0.5) is 5.69 Å². The van der Waals surface area contributed by atoms with Crippen LogP contribution >= 0.6 is 0 Å². The number of carbonyl (C=O) groups is 2. The van der Waals surface area contributed by atoms with Crippen LogP contribution in [0.15, 0.2) is 12.1 Å². The third-order valence-electron chi connectivity index (χ3n) is 3.54. The van der Waals surface area contributed by atoms with Gasteiger partial charge in [0.2, 0.25) is 0 Å². The van der Waals surface area contributed by atoms with Crippen molar-refractivity contribution in [3.05, 3.63) is 33.4 Å². The van der Waals surface area contributed by atoms with Crippen molar-refractivity contribution >= 4 is 17.3 Å². The molecule has 0 unspecified atom stereocenters. The lowest BCUT2D eigenvalue weighted by molar-refractivity contribution is -0.385. The van der Waals surface area contributed by atoms with Crippen molar-refractivity contribution < 1.29 is 19.2 Å². The van der Waals surface area contributed by atoms with E-state index in [9.17, 15) is 19.7 Å². The minimum Gasteiger partial charge on any atom is -0.496 e. The lowest BCUT2D eigenvalue weighted by atomic mass is 9.79. The van der Waals surface area contributed by atoms with Crippen molar-refractivity contribution in [1.82, 2.24) is 0 Å². The number of nitro groups is 1. The van der Waals surface area contributed by atoms with Gasteiger partial charge < -0.3 is 4.74 Å². The van der Waals surface area contributed by atoms with Crippen LogP contribution < -0.4 is 4.74 Å². The molecule has 0 radical (unpaired) electrons. The number of rotatable bonds is 3. The van der Waals surface area contributed by atoms with E-state index in [0.29, 0.717) is 30.4 Å². The highest BCUT2D eigenvalue weighted by atomic mass is 16.6. The largest absolute Gasteiger partial charge is 0.496 e. The fourth-order valence-electron chi connectivity index (χ4n) is 2.62. The maximum Gasteiger partial charge on any atom is 0.273 e. The maximum atomic E-state index is 12.0. The molecule has 0 bridgehead atoms. The zero-order valence-corrected chi connectivity index (χ0v) is 11.3. The number of ether oxygens (including phenoxy) is 1. The molecule has 0 atom stereocenters. The van der Waals surface area contributed by atoms with Gasteiger partial charge in [0, 0.05) is 24.5 Å². The van der Waals surface area contributed by atoms with Gasteiger partial charge in [-0.05, 0) is 18.9 Å². The average molecular weight is 277 g/mol. The van der Waals surface area contributed by atoms with E-state index in [4.69, 9.17) is 4.74 Å². The van der Waals surface area contributed by atoms with Gasteiger partial charge in [-0.15, -0.1) is 0 Å². The average Bonchev–Trinajstić information content (AvgIpc) is 2.39. The predicted octanol–water partition coefficient (Wildman–Crippen LogP) is 2.32. The lowest BCUT2D eigenvalue weighted by Gasteiger charge is -2.23. The zero-order valence-electron chi connectivity index (χ0n) is 11.3. The molecular weight excluding hydrogens is 262 g/mol. The van der Waals surface area contributed by atoms with E-state index in [-0.39, 0.29) is 23.0 Å². The molecule has 2 rings (SSSR count). The van der Waals surface area contributed by atoms with Crippen LogP contribution in [0.3, 0.4) is 0 Å². The highest BCUT2D eigenvalue weighted by Crippen LogP contribution is 2.38. The first kappa shape index (κ1) is 14.2. The van der Waals surface area contributed by atoms with Gasteiger partial charge in [-0.3, -0.25) is 19.7 Å². The predicted molar refractivity (Wildman–Crippen MR) is 71.0 cm³/mol. The van der Waals surface area contributed by atoms with Crippen LogP contribution in [0.25, 0.3) is 0 Å². The minimum atomic E-state index is -0.848. The van der Waals surface area contributed by atoms with E-state index in [1.165, 1.54) is 19.2 Å². The molecular formula is C14H15NO5. The van der Waals surface area contributed by atoms with Gasteiger partial charge in [-0.2, -0.15) is 0 Å². The Morgan fingerprint density at radius 2 is 1.85 bits per heavy atom. The Hall–Kier alpha value is -2.24. The summed E-state index contributed by atoms with van der Waals surface area (Å²) in [5, 5.41) is 10.9. The Balaban J connectivity index is 2.58. The smallest absolute Gasteiger partial charge is 0.273 e. The molecule has 1 fully saturated rings. The first-order valence-corrected chi connectivity index (χ1v) is 6.34. The lowest BCUT2D eigenvalue weighted by Crippen LogP contribution is -2.27. The van der Waals surface area contributed by atoms with Gasteiger partial charge in [0.15, 0.2) is 0 Å². The van der Waals surface area contributed by atoms with E-state index in [2.05, 4.69) is 0 Å². The summed E-state index contributed by atoms with van der Waals surface area (Å²) < 4.78 is 5.16. The van der Waals surface area contributed by atoms with E-state index < -0.39 is 10.8 Å². The van der Waals surface area contributed by atoms with E-state index in [1.807, 2.05) is 0 Å². The van der Waals surface area contributed by atoms with E-state index >= 15 is 0 Å². The molecule has 0 aromatic heterocycles. The number of non-ortho nitro benzene ring substituents is 1. The Bertz CT molecular complexity index is 577. The summed E-state index contributed by atoms with van der Waals surface area (Å²) >= 11 is 0. The van der Waals surface area contributed by atoms with Gasteiger partial charge in [0.1, 0.15) is 23.2 Å². The highest BCUT2D eigenvalue weighted by molar-refractivity contribution is 6.10. The topological polar surface area (TPSA) is 86.5 Å². The first-order chi connectivity index (χ1) is 9.45. The molecule has 0 N–H and O–H groups in total.